The summed E-state index contributed by atoms with van der Waals surface area (Å²) >= 11 is 0. The van der Waals surface area contributed by atoms with E-state index in [0.717, 1.165) is 0 Å². The highest BCUT2D eigenvalue weighted by atomic mass is 19.1. The molecule has 5 heteroatoms. The van der Waals surface area contributed by atoms with Crippen LogP contribution in [0.4, 0.5) is 4.39 Å². The highest BCUT2D eigenvalue weighted by Crippen LogP contribution is 2.31. The Morgan fingerprint density at radius 2 is 1.67 bits per heavy atom. The van der Waals surface area contributed by atoms with E-state index in [1.165, 1.54) is 12.1 Å². The van der Waals surface area contributed by atoms with Crippen molar-refractivity contribution in [3.8, 4) is 0 Å². The lowest BCUT2D eigenvalue weighted by atomic mass is 9.79. The lowest BCUT2D eigenvalue weighted by Crippen LogP contribution is -2.43. The average molecular weight is 296 g/mol. The fourth-order valence-electron chi connectivity index (χ4n) is 2.18. The van der Waals surface area contributed by atoms with Crippen molar-refractivity contribution >= 4 is 11.9 Å². The van der Waals surface area contributed by atoms with Crippen molar-refractivity contribution in [2.45, 2.75) is 33.6 Å². The predicted molar refractivity (Wildman–Crippen MR) is 76.1 cm³/mol. The highest BCUT2D eigenvalue weighted by Gasteiger charge is 2.47. The van der Waals surface area contributed by atoms with Crippen molar-refractivity contribution in [2.75, 3.05) is 13.2 Å². The van der Waals surface area contributed by atoms with Crippen molar-refractivity contribution in [3.05, 3.63) is 35.6 Å². The van der Waals surface area contributed by atoms with Crippen LogP contribution in [0.3, 0.4) is 0 Å². The van der Waals surface area contributed by atoms with Gasteiger partial charge in [0.25, 0.3) is 0 Å². The molecule has 0 N–H and O–H groups in total. The minimum absolute atomic E-state index is 0.0545. The topological polar surface area (TPSA) is 52.6 Å². The molecule has 21 heavy (non-hydrogen) atoms. The summed E-state index contributed by atoms with van der Waals surface area (Å²) in [6.45, 7) is 5.40. The maximum atomic E-state index is 13.3. The van der Waals surface area contributed by atoms with Crippen LogP contribution in [0.1, 0.15) is 32.8 Å². The first kappa shape index (κ1) is 17.1. The largest absolute Gasteiger partial charge is 0.465 e. The van der Waals surface area contributed by atoms with Crippen LogP contribution >= 0.6 is 0 Å². The molecule has 1 aromatic carbocycles. The number of hydrogen-bond donors (Lipinski definition) is 0. The fourth-order valence-corrected chi connectivity index (χ4v) is 2.18. The summed E-state index contributed by atoms with van der Waals surface area (Å²) in [4.78, 5) is 24.6. The van der Waals surface area contributed by atoms with Gasteiger partial charge >= 0.3 is 11.9 Å². The first-order valence-electron chi connectivity index (χ1n) is 7.09. The molecule has 0 saturated heterocycles. The molecule has 0 aromatic heterocycles. The fraction of sp³-hybridized carbons (Fsp3) is 0.500. The van der Waals surface area contributed by atoms with E-state index in [9.17, 15) is 14.0 Å². The van der Waals surface area contributed by atoms with Gasteiger partial charge in [-0.3, -0.25) is 9.59 Å². The molecule has 0 aliphatic heterocycles. The molecule has 0 amide bonds. The smallest absolute Gasteiger partial charge is 0.323 e. The number of hydrogen-bond acceptors (Lipinski definition) is 4. The van der Waals surface area contributed by atoms with Gasteiger partial charge in [0, 0.05) is 0 Å². The summed E-state index contributed by atoms with van der Waals surface area (Å²) in [5.74, 6) is -1.67. The van der Waals surface area contributed by atoms with Crippen molar-refractivity contribution in [3.63, 3.8) is 0 Å². The monoisotopic (exact) mass is 296 g/mol. The second kappa shape index (κ2) is 7.76. The predicted octanol–water partition coefficient (Wildman–Crippen LogP) is 2.89. The summed E-state index contributed by atoms with van der Waals surface area (Å²) in [5.41, 5.74) is -0.877. The quantitative estimate of drug-likeness (QED) is 0.573. The van der Waals surface area contributed by atoms with Crippen molar-refractivity contribution in [2.24, 2.45) is 5.41 Å². The van der Waals surface area contributed by atoms with Gasteiger partial charge in [-0.1, -0.05) is 19.1 Å². The van der Waals surface area contributed by atoms with E-state index in [2.05, 4.69) is 0 Å². The first-order chi connectivity index (χ1) is 10.00. The van der Waals surface area contributed by atoms with Crippen LogP contribution in [0.2, 0.25) is 0 Å². The normalized spacial score (nSPS) is 11.0. The first-order valence-corrected chi connectivity index (χ1v) is 7.09. The molecular weight excluding hydrogens is 275 g/mol. The van der Waals surface area contributed by atoms with Gasteiger partial charge in [0.2, 0.25) is 0 Å². The van der Waals surface area contributed by atoms with Crippen molar-refractivity contribution < 1.29 is 23.5 Å². The summed E-state index contributed by atoms with van der Waals surface area (Å²) in [6, 6.07) is 5.84. The number of rotatable bonds is 7. The Morgan fingerprint density at radius 3 is 2.10 bits per heavy atom. The summed E-state index contributed by atoms with van der Waals surface area (Å²) in [6.07, 6.45) is 0.278. The standard InChI is InChI=1S/C16H21FO4/c1-4-16(14(18)20-5-2,15(19)21-6-3)11-12-8-7-9-13(17)10-12/h7-10H,4-6,11H2,1-3H3. The number of benzene rings is 1. The van der Waals surface area contributed by atoms with Crippen LogP contribution in [0.5, 0.6) is 0 Å². The van der Waals surface area contributed by atoms with Crippen LogP contribution in [0.15, 0.2) is 24.3 Å². The minimum atomic E-state index is -1.43. The maximum absolute atomic E-state index is 13.3. The van der Waals surface area contributed by atoms with Gasteiger partial charge in [-0.05, 0) is 44.4 Å². The van der Waals surface area contributed by atoms with Gasteiger partial charge < -0.3 is 9.47 Å². The Morgan fingerprint density at radius 1 is 1.10 bits per heavy atom. The van der Waals surface area contributed by atoms with E-state index in [1.54, 1.807) is 32.9 Å². The van der Waals surface area contributed by atoms with E-state index in [4.69, 9.17) is 9.47 Å². The lowest BCUT2D eigenvalue weighted by molar-refractivity contribution is -0.172. The molecule has 4 nitrogen and oxygen atoms in total. The van der Waals surface area contributed by atoms with E-state index in [1.807, 2.05) is 0 Å². The van der Waals surface area contributed by atoms with Gasteiger partial charge in [0.15, 0.2) is 5.41 Å². The van der Waals surface area contributed by atoms with Crippen molar-refractivity contribution in [1.82, 2.24) is 0 Å². The van der Waals surface area contributed by atoms with E-state index in [-0.39, 0.29) is 26.1 Å². The van der Waals surface area contributed by atoms with Gasteiger partial charge in [-0.25, -0.2) is 4.39 Å². The molecule has 0 bridgehead atoms. The van der Waals surface area contributed by atoms with Gasteiger partial charge in [0.05, 0.1) is 13.2 Å². The van der Waals surface area contributed by atoms with Crippen molar-refractivity contribution in [1.29, 1.82) is 0 Å². The van der Waals surface area contributed by atoms with Gasteiger partial charge in [0.1, 0.15) is 5.82 Å². The average Bonchev–Trinajstić information content (AvgIpc) is 2.45. The Labute approximate surface area is 124 Å². The zero-order valence-corrected chi connectivity index (χ0v) is 12.6. The second-order valence-electron chi connectivity index (χ2n) is 4.68. The molecule has 0 heterocycles. The molecule has 116 valence electrons. The molecule has 0 unspecified atom stereocenters. The summed E-state index contributed by atoms with van der Waals surface area (Å²) < 4.78 is 23.4. The molecule has 0 saturated carbocycles. The number of halogens is 1. The zero-order chi connectivity index (χ0) is 15.9. The number of carbonyl (C=O) groups is 2. The van der Waals surface area contributed by atoms with E-state index < -0.39 is 23.2 Å². The Hall–Kier alpha value is -1.91. The highest BCUT2D eigenvalue weighted by molar-refractivity contribution is 6.00. The minimum Gasteiger partial charge on any atom is -0.465 e. The number of esters is 2. The van der Waals surface area contributed by atoms with E-state index in [0.29, 0.717) is 5.56 Å². The SMILES string of the molecule is CCOC(=O)C(CC)(Cc1cccc(F)c1)C(=O)OCC. The lowest BCUT2D eigenvalue weighted by Gasteiger charge is -2.28. The molecular formula is C16H21FO4. The van der Waals surface area contributed by atoms with Crippen LogP contribution in [0, 0.1) is 11.2 Å². The number of ether oxygens (including phenoxy) is 2. The number of carbonyl (C=O) groups excluding carboxylic acids is 2. The molecule has 1 aromatic rings. The van der Waals surface area contributed by atoms with Crippen LogP contribution < -0.4 is 0 Å². The van der Waals surface area contributed by atoms with E-state index >= 15 is 0 Å². The van der Waals surface area contributed by atoms with Crippen LogP contribution in [-0.2, 0) is 25.5 Å². The Kier molecular flexibility index (Phi) is 6.34. The second-order valence-corrected chi connectivity index (χ2v) is 4.68. The molecule has 0 fully saturated rings. The zero-order valence-electron chi connectivity index (χ0n) is 12.6. The third kappa shape index (κ3) is 4.03. The maximum Gasteiger partial charge on any atom is 0.323 e. The van der Waals surface area contributed by atoms with Gasteiger partial charge in [-0.15, -0.1) is 0 Å². The molecule has 0 spiro atoms. The molecule has 0 radical (unpaired) electrons. The third-order valence-corrected chi connectivity index (χ3v) is 3.33. The molecule has 0 atom stereocenters. The Balaban J connectivity index is 3.16. The Bertz CT molecular complexity index is 481. The molecule has 0 aliphatic carbocycles. The van der Waals surface area contributed by atoms with Crippen LogP contribution in [-0.4, -0.2) is 25.2 Å². The van der Waals surface area contributed by atoms with Gasteiger partial charge in [-0.2, -0.15) is 0 Å². The molecule has 0 aliphatic rings. The molecule has 1 rings (SSSR count). The summed E-state index contributed by atoms with van der Waals surface area (Å²) in [5, 5.41) is 0. The summed E-state index contributed by atoms with van der Waals surface area (Å²) in [7, 11) is 0. The third-order valence-electron chi connectivity index (χ3n) is 3.33. The van der Waals surface area contributed by atoms with Crippen LogP contribution in [0.25, 0.3) is 0 Å².